The lowest BCUT2D eigenvalue weighted by atomic mass is 10.1. The third-order valence-electron chi connectivity index (χ3n) is 5.83. The van der Waals surface area contributed by atoms with Gasteiger partial charge in [-0.05, 0) is 57.5 Å². The highest BCUT2D eigenvalue weighted by molar-refractivity contribution is 6.30. The Morgan fingerprint density at radius 3 is 2.59 bits per heavy atom. The summed E-state index contributed by atoms with van der Waals surface area (Å²) in [7, 11) is 6.05. The Hall–Kier alpha value is -1.34. The smallest absolute Gasteiger partial charge is 0.193 e. The van der Waals surface area contributed by atoms with Crippen LogP contribution in [0.3, 0.4) is 0 Å². The number of hydrogen-bond acceptors (Lipinski definition) is 4. The van der Waals surface area contributed by atoms with Gasteiger partial charge in [-0.15, -0.1) is 0 Å². The number of ether oxygens (including phenoxy) is 2. The summed E-state index contributed by atoms with van der Waals surface area (Å²) in [4.78, 5) is 9.07. The van der Waals surface area contributed by atoms with Crippen LogP contribution in [0.25, 0.3) is 0 Å². The van der Waals surface area contributed by atoms with Crippen molar-refractivity contribution in [2.75, 3.05) is 54.0 Å². The highest BCUT2D eigenvalue weighted by atomic mass is 35.5. The molecule has 1 N–H and O–H groups in total. The SMILES string of the molecule is CN=C(NCC(c1ccc(Cl)cc1)N(C)C)N1CCC(OCC2CCCO2)CC1. The van der Waals surface area contributed by atoms with Crippen LogP contribution < -0.4 is 5.32 Å². The van der Waals surface area contributed by atoms with Crippen LogP contribution in [0.1, 0.15) is 37.3 Å². The van der Waals surface area contributed by atoms with Gasteiger partial charge < -0.3 is 24.6 Å². The summed E-state index contributed by atoms with van der Waals surface area (Å²) in [6.45, 7) is 4.34. The molecule has 2 atom stereocenters. The Morgan fingerprint density at radius 2 is 2.00 bits per heavy atom. The maximum atomic E-state index is 6.10. The molecule has 6 nitrogen and oxygen atoms in total. The molecular weight excluding hydrogens is 388 g/mol. The van der Waals surface area contributed by atoms with Gasteiger partial charge in [-0.2, -0.15) is 0 Å². The second-order valence-electron chi connectivity index (χ2n) is 8.11. The van der Waals surface area contributed by atoms with Gasteiger partial charge in [0, 0.05) is 38.3 Å². The number of nitrogens with zero attached hydrogens (tertiary/aromatic N) is 3. The molecule has 0 amide bonds. The molecule has 0 aliphatic carbocycles. The fourth-order valence-corrected chi connectivity index (χ4v) is 4.18. The molecule has 2 saturated heterocycles. The first-order valence-corrected chi connectivity index (χ1v) is 11.1. The van der Waals surface area contributed by atoms with E-state index < -0.39 is 0 Å². The highest BCUT2D eigenvalue weighted by Crippen LogP contribution is 2.21. The third-order valence-corrected chi connectivity index (χ3v) is 6.08. The van der Waals surface area contributed by atoms with Crippen LogP contribution in [0.5, 0.6) is 0 Å². The van der Waals surface area contributed by atoms with E-state index in [9.17, 15) is 0 Å². The van der Waals surface area contributed by atoms with Crippen LogP contribution in [0.4, 0.5) is 0 Å². The van der Waals surface area contributed by atoms with Gasteiger partial charge >= 0.3 is 0 Å². The number of aliphatic imine (C=N–C) groups is 1. The lowest BCUT2D eigenvalue weighted by molar-refractivity contribution is -0.0367. The summed E-state index contributed by atoms with van der Waals surface area (Å²) in [5.74, 6) is 0.961. The van der Waals surface area contributed by atoms with Crippen molar-refractivity contribution in [3.05, 3.63) is 34.9 Å². The van der Waals surface area contributed by atoms with Gasteiger partial charge in [0.15, 0.2) is 5.96 Å². The second-order valence-corrected chi connectivity index (χ2v) is 8.55. The number of nitrogens with one attached hydrogen (secondary N) is 1. The average molecular weight is 423 g/mol. The summed E-state index contributed by atoms with van der Waals surface area (Å²) >= 11 is 6.05. The zero-order valence-corrected chi connectivity index (χ0v) is 18.7. The van der Waals surface area contributed by atoms with Crippen molar-refractivity contribution in [1.29, 1.82) is 0 Å². The summed E-state index contributed by atoms with van der Waals surface area (Å²) in [6, 6.07) is 8.33. The average Bonchev–Trinajstić information content (AvgIpc) is 3.25. The van der Waals surface area contributed by atoms with E-state index in [1.54, 1.807) is 0 Å². The molecule has 2 aliphatic heterocycles. The first kappa shape index (κ1) is 22.3. The van der Waals surface area contributed by atoms with Crippen molar-refractivity contribution in [2.24, 2.45) is 4.99 Å². The summed E-state index contributed by atoms with van der Waals surface area (Å²) < 4.78 is 11.8. The Bertz CT molecular complexity index is 639. The lowest BCUT2D eigenvalue weighted by Gasteiger charge is -2.35. The number of likely N-dealkylation sites (N-methyl/N-ethyl adjacent to an activating group) is 1. The largest absolute Gasteiger partial charge is 0.376 e. The molecule has 0 radical (unpaired) electrons. The van der Waals surface area contributed by atoms with Gasteiger partial charge in [-0.3, -0.25) is 4.99 Å². The predicted octanol–water partition coefficient (Wildman–Crippen LogP) is 3.18. The Morgan fingerprint density at radius 1 is 1.28 bits per heavy atom. The molecule has 162 valence electrons. The fraction of sp³-hybridized carbons (Fsp3) is 0.682. The normalized spacial score (nSPS) is 22.3. The minimum Gasteiger partial charge on any atom is -0.376 e. The molecule has 0 spiro atoms. The molecule has 1 aromatic carbocycles. The van der Waals surface area contributed by atoms with Crippen molar-refractivity contribution >= 4 is 17.6 Å². The van der Waals surface area contributed by atoms with Crippen LogP contribution in [0.2, 0.25) is 5.02 Å². The van der Waals surface area contributed by atoms with Gasteiger partial charge in [0.25, 0.3) is 0 Å². The molecule has 2 heterocycles. The zero-order chi connectivity index (χ0) is 20.6. The van der Waals surface area contributed by atoms with Gasteiger partial charge in [-0.25, -0.2) is 0 Å². The molecule has 29 heavy (non-hydrogen) atoms. The van der Waals surface area contributed by atoms with Crippen LogP contribution in [0, 0.1) is 0 Å². The minimum absolute atomic E-state index is 0.247. The molecular formula is C22H35ClN4O2. The number of benzene rings is 1. The van der Waals surface area contributed by atoms with E-state index >= 15 is 0 Å². The predicted molar refractivity (Wildman–Crippen MR) is 119 cm³/mol. The van der Waals surface area contributed by atoms with Crippen molar-refractivity contribution < 1.29 is 9.47 Å². The van der Waals surface area contributed by atoms with E-state index in [1.807, 2.05) is 19.2 Å². The summed E-state index contributed by atoms with van der Waals surface area (Å²) in [6.07, 6.45) is 4.99. The monoisotopic (exact) mass is 422 g/mol. The number of guanidine groups is 1. The van der Waals surface area contributed by atoms with Crippen LogP contribution in [-0.4, -0.2) is 82.0 Å². The number of likely N-dealkylation sites (tertiary alicyclic amines) is 1. The van der Waals surface area contributed by atoms with Crippen molar-refractivity contribution in [3.8, 4) is 0 Å². The Balaban J connectivity index is 1.46. The number of halogens is 1. The van der Waals surface area contributed by atoms with Crippen molar-refractivity contribution in [3.63, 3.8) is 0 Å². The summed E-state index contributed by atoms with van der Waals surface area (Å²) in [5, 5.41) is 4.33. The molecule has 0 bridgehead atoms. The maximum Gasteiger partial charge on any atom is 0.193 e. The molecule has 3 rings (SSSR count). The number of piperidine rings is 1. The molecule has 1 aromatic rings. The molecule has 2 unspecified atom stereocenters. The van der Waals surface area contributed by atoms with Crippen molar-refractivity contribution in [1.82, 2.24) is 15.1 Å². The van der Waals surface area contributed by atoms with E-state index in [0.29, 0.717) is 12.2 Å². The van der Waals surface area contributed by atoms with Gasteiger partial charge in [-0.1, -0.05) is 23.7 Å². The molecule has 7 heteroatoms. The molecule has 2 aliphatic rings. The van der Waals surface area contributed by atoms with E-state index in [-0.39, 0.29) is 6.04 Å². The Labute approximate surface area is 180 Å². The van der Waals surface area contributed by atoms with Crippen LogP contribution in [-0.2, 0) is 9.47 Å². The van der Waals surface area contributed by atoms with Crippen LogP contribution >= 0.6 is 11.6 Å². The minimum atomic E-state index is 0.247. The molecule has 0 aromatic heterocycles. The second kappa shape index (κ2) is 11.2. The van der Waals surface area contributed by atoms with Gasteiger partial charge in [0.05, 0.1) is 24.9 Å². The van der Waals surface area contributed by atoms with E-state index in [1.165, 1.54) is 12.0 Å². The molecule has 0 saturated carbocycles. The first-order chi connectivity index (χ1) is 14.1. The van der Waals surface area contributed by atoms with E-state index in [2.05, 4.69) is 46.3 Å². The lowest BCUT2D eigenvalue weighted by Crippen LogP contribution is -2.48. The quantitative estimate of drug-likeness (QED) is 0.540. The Kier molecular flexibility index (Phi) is 8.60. The maximum absolute atomic E-state index is 6.10. The standard InChI is InChI=1S/C22H35ClN4O2/c1-24-22(25-15-21(26(2)3)17-6-8-18(23)9-7-17)27-12-10-19(11-13-27)29-16-20-5-4-14-28-20/h6-9,19-21H,4-5,10-16H2,1-3H3,(H,24,25). The van der Waals surface area contributed by atoms with Crippen molar-refractivity contribution in [2.45, 2.75) is 43.9 Å². The summed E-state index contributed by atoms with van der Waals surface area (Å²) in [5.41, 5.74) is 1.24. The fourth-order valence-electron chi connectivity index (χ4n) is 4.06. The first-order valence-electron chi connectivity index (χ1n) is 10.7. The van der Waals surface area contributed by atoms with E-state index in [4.69, 9.17) is 21.1 Å². The topological polar surface area (TPSA) is 49.3 Å². The van der Waals surface area contributed by atoms with E-state index in [0.717, 1.165) is 63.1 Å². The number of rotatable bonds is 7. The third kappa shape index (κ3) is 6.57. The zero-order valence-electron chi connectivity index (χ0n) is 17.9. The van der Waals surface area contributed by atoms with Gasteiger partial charge in [0.2, 0.25) is 0 Å². The highest BCUT2D eigenvalue weighted by Gasteiger charge is 2.25. The van der Waals surface area contributed by atoms with Gasteiger partial charge in [0.1, 0.15) is 0 Å². The number of hydrogen-bond donors (Lipinski definition) is 1. The van der Waals surface area contributed by atoms with Crippen LogP contribution in [0.15, 0.2) is 29.3 Å². The molecule has 2 fully saturated rings.